The number of hydrogen-bond donors (Lipinski definition) is 1. The molecule has 17 heavy (non-hydrogen) atoms. The average Bonchev–Trinajstić information content (AvgIpc) is 2.79. The van der Waals surface area contributed by atoms with Crippen molar-refractivity contribution in [3.8, 4) is 0 Å². The van der Waals surface area contributed by atoms with Gasteiger partial charge in [0.25, 0.3) is 5.56 Å². The highest BCUT2D eigenvalue weighted by Gasteiger charge is 2.17. The lowest BCUT2D eigenvalue weighted by Crippen LogP contribution is -2.17. The number of nitrogens with one attached hydrogen (secondary N) is 1. The minimum Gasteiger partial charge on any atom is -0.310 e. The SMILES string of the molecule is O=c1[nH]c(Cc2ccccc2)nc2c1CSC2. The van der Waals surface area contributed by atoms with Crippen LogP contribution in [0.2, 0.25) is 0 Å². The van der Waals surface area contributed by atoms with E-state index in [0.717, 1.165) is 28.6 Å². The largest absolute Gasteiger partial charge is 0.310 e. The van der Waals surface area contributed by atoms with Crippen molar-refractivity contribution in [1.82, 2.24) is 9.97 Å². The Kier molecular flexibility index (Phi) is 2.73. The zero-order chi connectivity index (χ0) is 11.7. The molecule has 0 amide bonds. The third-order valence-electron chi connectivity index (χ3n) is 2.85. The fourth-order valence-corrected chi connectivity index (χ4v) is 3.02. The third-order valence-corrected chi connectivity index (χ3v) is 3.82. The molecule has 0 fully saturated rings. The maximum atomic E-state index is 11.8. The topological polar surface area (TPSA) is 45.8 Å². The van der Waals surface area contributed by atoms with Gasteiger partial charge in [0.05, 0.1) is 5.69 Å². The maximum absolute atomic E-state index is 11.8. The summed E-state index contributed by atoms with van der Waals surface area (Å²) in [5.74, 6) is 2.42. The predicted molar refractivity (Wildman–Crippen MR) is 69.1 cm³/mol. The summed E-state index contributed by atoms with van der Waals surface area (Å²) < 4.78 is 0. The van der Waals surface area contributed by atoms with Crippen molar-refractivity contribution in [2.45, 2.75) is 17.9 Å². The zero-order valence-electron chi connectivity index (χ0n) is 9.27. The summed E-state index contributed by atoms with van der Waals surface area (Å²) in [5, 5.41) is 0. The molecule has 0 radical (unpaired) electrons. The monoisotopic (exact) mass is 244 g/mol. The molecule has 4 heteroatoms. The first-order valence-corrected chi connectivity index (χ1v) is 6.71. The minimum absolute atomic E-state index is 0.0333. The molecule has 0 spiro atoms. The van der Waals surface area contributed by atoms with Gasteiger partial charge in [0, 0.05) is 23.5 Å². The highest BCUT2D eigenvalue weighted by atomic mass is 32.2. The van der Waals surface area contributed by atoms with Gasteiger partial charge in [-0.15, -0.1) is 0 Å². The van der Waals surface area contributed by atoms with Gasteiger partial charge >= 0.3 is 0 Å². The highest BCUT2D eigenvalue weighted by molar-refractivity contribution is 7.98. The smallest absolute Gasteiger partial charge is 0.255 e. The molecule has 0 aliphatic carbocycles. The van der Waals surface area contributed by atoms with E-state index in [1.807, 2.05) is 30.3 Å². The second kappa shape index (κ2) is 4.37. The summed E-state index contributed by atoms with van der Waals surface area (Å²) in [6, 6.07) is 10.1. The van der Waals surface area contributed by atoms with E-state index in [4.69, 9.17) is 0 Å². The van der Waals surface area contributed by atoms with Gasteiger partial charge in [0.2, 0.25) is 0 Å². The summed E-state index contributed by atoms with van der Waals surface area (Å²) in [5.41, 5.74) is 3.02. The van der Waals surface area contributed by atoms with E-state index in [2.05, 4.69) is 9.97 Å². The Morgan fingerprint density at radius 1 is 1.24 bits per heavy atom. The first kappa shape index (κ1) is 10.6. The number of benzene rings is 1. The van der Waals surface area contributed by atoms with Crippen LogP contribution in [-0.2, 0) is 17.9 Å². The Morgan fingerprint density at radius 2 is 2.06 bits per heavy atom. The lowest BCUT2D eigenvalue weighted by Gasteiger charge is -2.03. The Bertz CT molecular complexity index is 592. The normalized spacial score (nSPS) is 13.6. The molecule has 0 bridgehead atoms. The van der Waals surface area contributed by atoms with Crippen LogP contribution < -0.4 is 5.56 Å². The maximum Gasteiger partial charge on any atom is 0.255 e. The molecule has 1 aliphatic heterocycles. The fourth-order valence-electron chi connectivity index (χ4n) is 1.99. The summed E-state index contributed by atoms with van der Waals surface area (Å²) in [7, 11) is 0. The van der Waals surface area contributed by atoms with Gasteiger partial charge in [-0.2, -0.15) is 11.8 Å². The number of thioether (sulfide) groups is 1. The second-order valence-corrected chi connectivity index (χ2v) is 5.08. The van der Waals surface area contributed by atoms with Gasteiger partial charge in [0.15, 0.2) is 0 Å². The third kappa shape index (κ3) is 2.13. The van der Waals surface area contributed by atoms with Crippen LogP contribution in [0.4, 0.5) is 0 Å². The molecular formula is C13H12N2OS. The fraction of sp³-hybridized carbons (Fsp3) is 0.231. The van der Waals surface area contributed by atoms with Crippen LogP contribution in [0, 0.1) is 0 Å². The van der Waals surface area contributed by atoms with E-state index in [9.17, 15) is 4.79 Å². The van der Waals surface area contributed by atoms with Crippen LogP contribution in [0.3, 0.4) is 0 Å². The van der Waals surface area contributed by atoms with E-state index in [0.29, 0.717) is 6.42 Å². The second-order valence-electron chi connectivity index (χ2n) is 4.09. The lowest BCUT2D eigenvalue weighted by atomic mass is 10.1. The molecule has 2 aromatic rings. The molecule has 0 saturated carbocycles. The van der Waals surface area contributed by atoms with Gasteiger partial charge < -0.3 is 4.98 Å². The van der Waals surface area contributed by atoms with Crippen molar-refractivity contribution >= 4 is 11.8 Å². The Balaban J connectivity index is 1.95. The van der Waals surface area contributed by atoms with Gasteiger partial charge in [-0.25, -0.2) is 4.98 Å². The van der Waals surface area contributed by atoms with Crippen LogP contribution in [0.5, 0.6) is 0 Å². The number of aromatic amines is 1. The molecule has 0 atom stereocenters. The molecule has 86 valence electrons. The number of H-pyrrole nitrogens is 1. The van der Waals surface area contributed by atoms with Gasteiger partial charge in [-0.1, -0.05) is 30.3 Å². The van der Waals surface area contributed by atoms with E-state index < -0.39 is 0 Å². The van der Waals surface area contributed by atoms with Gasteiger partial charge in [0.1, 0.15) is 5.82 Å². The van der Waals surface area contributed by atoms with E-state index in [-0.39, 0.29) is 5.56 Å². The number of fused-ring (bicyclic) bond motifs is 1. The van der Waals surface area contributed by atoms with Crippen molar-refractivity contribution in [3.05, 3.63) is 63.3 Å². The predicted octanol–water partition coefficient (Wildman–Crippen LogP) is 2.11. The number of rotatable bonds is 2. The summed E-state index contributed by atoms with van der Waals surface area (Å²) in [6.45, 7) is 0. The average molecular weight is 244 g/mol. The quantitative estimate of drug-likeness (QED) is 0.880. The Morgan fingerprint density at radius 3 is 2.88 bits per heavy atom. The van der Waals surface area contributed by atoms with Crippen molar-refractivity contribution in [2.75, 3.05) is 0 Å². The molecule has 3 rings (SSSR count). The molecule has 2 heterocycles. The number of aromatic nitrogens is 2. The van der Waals surface area contributed by atoms with E-state index in [1.165, 1.54) is 5.56 Å². The van der Waals surface area contributed by atoms with Crippen molar-refractivity contribution < 1.29 is 0 Å². The summed E-state index contributed by atoms with van der Waals surface area (Å²) in [6.07, 6.45) is 0.689. The summed E-state index contributed by atoms with van der Waals surface area (Å²) in [4.78, 5) is 19.2. The van der Waals surface area contributed by atoms with Crippen LogP contribution in [0.25, 0.3) is 0 Å². The number of hydrogen-bond acceptors (Lipinski definition) is 3. The molecule has 1 aromatic heterocycles. The lowest BCUT2D eigenvalue weighted by molar-refractivity contribution is 0.903. The zero-order valence-corrected chi connectivity index (χ0v) is 10.1. The Hall–Kier alpha value is -1.55. The first-order valence-electron chi connectivity index (χ1n) is 5.55. The molecule has 0 unspecified atom stereocenters. The highest BCUT2D eigenvalue weighted by Crippen LogP contribution is 2.25. The van der Waals surface area contributed by atoms with Crippen LogP contribution in [0.15, 0.2) is 35.1 Å². The minimum atomic E-state index is 0.0333. The van der Waals surface area contributed by atoms with Crippen LogP contribution in [-0.4, -0.2) is 9.97 Å². The van der Waals surface area contributed by atoms with E-state index >= 15 is 0 Å². The Labute approximate surface area is 103 Å². The molecule has 1 N–H and O–H groups in total. The molecule has 0 saturated heterocycles. The van der Waals surface area contributed by atoms with Crippen molar-refractivity contribution in [3.63, 3.8) is 0 Å². The van der Waals surface area contributed by atoms with Crippen LogP contribution >= 0.6 is 11.8 Å². The van der Waals surface area contributed by atoms with Gasteiger partial charge in [-0.3, -0.25) is 4.79 Å². The molecular weight excluding hydrogens is 232 g/mol. The first-order chi connectivity index (χ1) is 8.33. The standard InChI is InChI=1S/C13H12N2OS/c16-13-10-7-17-8-11(10)14-12(15-13)6-9-4-2-1-3-5-9/h1-5H,6-8H2,(H,14,15,16). The molecule has 3 nitrogen and oxygen atoms in total. The van der Waals surface area contributed by atoms with Crippen molar-refractivity contribution in [2.24, 2.45) is 0 Å². The number of nitrogens with zero attached hydrogens (tertiary/aromatic N) is 1. The summed E-state index contributed by atoms with van der Waals surface area (Å²) >= 11 is 1.75. The molecule has 1 aliphatic rings. The van der Waals surface area contributed by atoms with E-state index in [1.54, 1.807) is 11.8 Å². The van der Waals surface area contributed by atoms with Gasteiger partial charge in [-0.05, 0) is 5.56 Å². The van der Waals surface area contributed by atoms with Crippen molar-refractivity contribution in [1.29, 1.82) is 0 Å². The molecule has 1 aromatic carbocycles. The van der Waals surface area contributed by atoms with Crippen LogP contribution in [0.1, 0.15) is 22.6 Å².